The molecule has 2 rings (SSSR count). The number of aryl methyl sites for hydroxylation is 1. The fourth-order valence-electron chi connectivity index (χ4n) is 2.92. The predicted molar refractivity (Wildman–Crippen MR) is 86.5 cm³/mol. The fourth-order valence-corrected chi connectivity index (χ4v) is 2.92. The van der Waals surface area contributed by atoms with Gasteiger partial charge in [0, 0.05) is 25.6 Å². The zero-order chi connectivity index (χ0) is 15.9. The zero-order valence-corrected chi connectivity index (χ0v) is 13.7. The Morgan fingerprint density at radius 1 is 1.36 bits per heavy atom. The summed E-state index contributed by atoms with van der Waals surface area (Å²) in [5, 5.41) is 3.27. The Bertz CT molecular complexity index is 505. The number of benzene rings is 1. The number of nitrogens with one attached hydrogen (secondary N) is 1. The average molecular weight is 306 g/mol. The van der Waals surface area contributed by atoms with Crippen molar-refractivity contribution in [2.45, 2.75) is 31.7 Å². The van der Waals surface area contributed by atoms with Crippen LogP contribution in [0.5, 0.6) is 11.5 Å². The maximum absolute atomic E-state index is 12.4. The van der Waals surface area contributed by atoms with Crippen molar-refractivity contribution in [1.82, 2.24) is 10.2 Å². The number of piperidine rings is 1. The van der Waals surface area contributed by atoms with E-state index in [0.717, 1.165) is 43.0 Å². The molecule has 1 aromatic rings. The largest absolute Gasteiger partial charge is 0.497 e. The third-order valence-electron chi connectivity index (χ3n) is 4.28. The van der Waals surface area contributed by atoms with Crippen molar-refractivity contribution in [2.24, 2.45) is 0 Å². The highest BCUT2D eigenvalue weighted by Crippen LogP contribution is 2.25. The molecule has 1 saturated heterocycles. The molecule has 1 aliphatic rings. The summed E-state index contributed by atoms with van der Waals surface area (Å²) < 4.78 is 10.6. The summed E-state index contributed by atoms with van der Waals surface area (Å²) in [7, 11) is 5.25. The summed E-state index contributed by atoms with van der Waals surface area (Å²) in [5.74, 6) is 1.81. The molecule has 0 aliphatic carbocycles. The van der Waals surface area contributed by atoms with E-state index in [4.69, 9.17) is 9.47 Å². The van der Waals surface area contributed by atoms with Crippen LogP contribution in [0.25, 0.3) is 0 Å². The van der Waals surface area contributed by atoms with Gasteiger partial charge in [-0.1, -0.05) is 0 Å². The summed E-state index contributed by atoms with van der Waals surface area (Å²) >= 11 is 0. The minimum atomic E-state index is 0.213. The zero-order valence-electron chi connectivity index (χ0n) is 13.7. The van der Waals surface area contributed by atoms with Crippen LogP contribution in [0.3, 0.4) is 0 Å². The van der Waals surface area contributed by atoms with E-state index in [1.165, 1.54) is 0 Å². The van der Waals surface area contributed by atoms with Crippen molar-refractivity contribution >= 4 is 5.91 Å². The molecule has 1 aliphatic heterocycles. The molecule has 1 fully saturated rings. The number of hydrogen-bond acceptors (Lipinski definition) is 4. The number of likely N-dealkylation sites (tertiary alicyclic amines) is 1. The lowest BCUT2D eigenvalue weighted by atomic mass is 10.0. The van der Waals surface area contributed by atoms with Crippen molar-refractivity contribution in [2.75, 3.05) is 34.4 Å². The van der Waals surface area contributed by atoms with Crippen molar-refractivity contribution in [3.63, 3.8) is 0 Å². The van der Waals surface area contributed by atoms with Crippen molar-refractivity contribution < 1.29 is 14.3 Å². The predicted octanol–water partition coefficient (Wildman–Crippen LogP) is 1.85. The maximum Gasteiger partial charge on any atom is 0.222 e. The summed E-state index contributed by atoms with van der Waals surface area (Å²) in [4.78, 5) is 14.4. The molecule has 0 aromatic heterocycles. The van der Waals surface area contributed by atoms with Gasteiger partial charge in [0.05, 0.1) is 14.2 Å². The topological polar surface area (TPSA) is 50.8 Å². The van der Waals surface area contributed by atoms with Gasteiger partial charge in [-0.15, -0.1) is 0 Å². The first-order valence-electron chi connectivity index (χ1n) is 7.84. The van der Waals surface area contributed by atoms with Gasteiger partial charge in [0.2, 0.25) is 5.91 Å². The van der Waals surface area contributed by atoms with Crippen LogP contribution in [0.1, 0.15) is 24.8 Å². The first-order valence-corrected chi connectivity index (χ1v) is 7.84. The molecule has 0 bridgehead atoms. The summed E-state index contributed by atoms with van der Waals surface area (Å²) in [6, 6.07) is 6.12. The SMILES string of the molecule is CNC1CCCN(C(=O)CCc2cc(OC)ccc2OC)C1. The number of rotatable bonds is 6. The Balaban J connectivity index is 1.95. The first-order chi connectivity index (χ1) is 10.7. The molecule has 0 radical (unpaired) electrons. The van der Waals surface area contributed by atoms with Crippen LogP contribution in [0, 0.1) is 0 Å². The molecule has 0 saturated carbocycles. The van der Waals surface area contributed by atoms with E-state index in [9.17, 15) is 4.79 Å². The second kappa shape index (κ2) is 8.03. The molecule has 1 aromatic carbocycles. The van der Waals surface area contributed by atoms with E-state index in [1.807, 2.05) is 30.1 Å². The second-order valence-electron chi connectivity index (χ2n) is 5.65. The van der Waals surface area contributed by atoms with Crippen molar-refractivity contribution in [3.05, 3.63) is 23.8 Å². The Labute approximate surface area is 132 Å². The van der Waals surface area contributed by atoms with E-state index in [0.29, 0.717) is 18.9 Å². The number of carbonyl (C=O) groups excluding carboxylic acids is 1. The number of ether oxygens (including phenoxy) is 2. The number of likely N-dealkylation sites (N-methyl/N-ethyl adjacent to an activating group) is 1. The third-order valence-corrected chi connectivity index (χ3v) is 4.28. The minimum Gasteiger partial charge on any atom is -0.497 e. The number of amides is 1. The average Bonchev–Trinajstić information content (AvgIpc) is 2.59. The first kappa shape index (κ1) is 16.6. The van der Waals surface area contributed by atoms with Crippen LogP contribution in [-0.2, 0) is 11.2 Å². The molecule has 5 nitrogen and oxygen atoms in total. The van der Waals surface area contributed by atoms with Crippen molar-refractivity contribution in [3.8, 4) is 11.5 Å². The molecule has 1 atom stereocenters. The van der Waals surface area contributed by atoms with Crippen LogP contribution in [0.2, 0.25) is 0 Å². The Morgan fingerprint density at radius 3 is 2.86 bits per heavy atom. The molecular weight excluding hydrogens is 280 g/mol. The number of nitrogens with zero attached hydrogens (tertiary/aromatic N) is 1. The summed E-state index contributed by atoms with van der Waals surface area (Å²) in [5.41, 5.74) is 1.01. The normalized spacial score (nSPS) is 18.1. The lowest BCUT2D eigenvalue weighted by Crippen LogP contribution is -2.47. The van der Waals surface area contributed by atoms with Gasteiger partial charge in [0.25, 0.3) is 0 Å². The van der Waals surface area contributed by atoms with Crippen LogP contribution < -0.4 is 14.8 Å². The van der Waals surface area contributed by atoms with E-state index in [-0.39, 0.29) is 5.91 Å². The maximum atomic E-state index is 12.4. The van der Waals surface area contributed by atoms with E-state index < -0.39 is 0 Å². The molecule has 122 valence electrons. The minimum absolute atomic E-state index is 0.213. The number of carbonyl (C=O) groups is 1. The van der Waals surface area contributed by atoms with Crippen LogP contribution in [0.15, 0.2) is 18.2 Å². The molecule has 22 heavy (non-hydrogen) atoms. The van der Waals surface area contributed by atoms with Crippen LogP contribution >= 0.6 is 0 Å². The monoisotopic (exact) mass is 306 g/mol. The van der Waals surface area contributed by atoms with Gasteiger partial charge in [-0.25, -0.2) is 0 Å². The van der Waals surface area contributed by atoms with Gasteiger partial charge in [-0.3, -0.25) is 4.79 Å². The smallest absolute Gasteiger partial charge is 0.222 e. The van der Waals surface area contributed by atoms with Gasteiger partial charge >= 0.3 is 0 Å². The Hall–Kier alpha value is -1.75. The molecule has 1 heterocycles. The van der Waals surface area contributed by atoms with E-state index in [2.05, 4.69) is 5.32 Å². The lowest BCUT2D eigenvalue weighted by molar-refractivity contribution is -0.132. The highest BCUT2D eigenvalue weighted by Gasteiger charge is 2.22. The third kappa shape index (κ3) is 4.13. The molecule has 1 unspecified atom stereocenters. The Morgan fingerprint density at radius 2 is 2.18 bits per heavy atom. The van der Waals surface area contributed by atoms with Gasteiger partial charge in [-0.2, -0.15) is 0 Å². The lowest BCUT2D eigenvalue weighted by Gasteiger charge is -2.32. The Kier molecular flexibility index (Phi) is 6.07. The van der Waals surface area contributed by atoms with Gasteiger partial charge in [0.15, 0.2) is 0 Å². The number of methoxy groups -OCH3 is 2. The van der Waals surface area contributed by atoms with Gasteiger partial charge in [-0.05, 0) is 50.1 Å². The standard InChI is InChI=1S/C17H26N2O3/c1-18-14-5-4-10-19(12-14)17(20)9-6-13-11-15(21-2)7-8-16(13)22-3/h7-8,11,14,18H,4-6,9-10,12H2,1-3H3. The van der Waals surface area contributed by atoms with Crippen LogP contribution in [-0.4, -0.2) is 51.2 Å². The summed E-state index contributed by atoms with van der Waals surface area (Å²) in [6.07, 6.45) is 3.38. The van der Waals surface area contributed by atoms with Gasteiger partial charge < -0.3 is 19.7 Å². The molecule has 1 N–H and O–H groups in total. The van der Waals surface area contributed by atoms with E-state index in [1.54, 1.807) is 14.2 Å². The molecule has 1 amide bonds. The molecule has 0 spiro atoms. The van der Waals surface area contributed by atoms with Crippen molar-refractivity contribution in [1.29, 1.82) is 0 Å². The highest BCUT2D eigenvalue weighted by molar-refractivity contribution is 5.76. The fraction of sp³-hybridized carbons (Fsp3) is 0.588. The molecule has 5 heteroatoms. The van der Waals surface area contributed by atoms with Crippen LogP contribution in [0.4, 0.5) is 0 Å². The molecular formula is C17H26N2O3. The quantitative estimate of drug-likeness (QED) is 0.871. The number of hydrogen-bond donors (Lipinski definition) is 1. The second-order valence-corrected chi connectivity index (χ2v) is 5.65. The highest BCUT2D eigenvalue weighted by atomic mass is 16.5. The van der Waals surface area contributed by atoms with Gasteiger partial charge in [0.1, 0.15) is 11.5 Å². The summed E-state index contributed by atoms with van der Waals surface area (Å²) in [6.45, 7) is 1.68. The van der Waals surface area contributed by atoms with E-state index >= 15 is 0 Å².